The summed E-state index contributed by atoms with van der Waals surface area (Å²) in [4.78, 5) is 22.7. The van der Waals surface area contributed by atoms with Crippen LogP contribution in [0.15, 0.2) is 64.5 Å². The van der Waals surface area contributed by atoms with E-state index in [1.807, 2.05) is 59.2 Å². The first-order chi connectivity index (χ1) is 16.2. The van der Waals surface area contributed by atoms with Crippen LogP contribution in [0.3, 0.4) is 0 Å². The van der Waals surface area contributed by atoms with Gasteiger partial charge in [-0.3, -0.25) is 9.36 Å². The van der Waals surface area contributed by atoms with E-state index >= 15 is 0 Å². The maximum Gasteiger partial charge on any atom is 0.259 e. The summed E-state index contributed by atoms with van der Waals surface area (Å²) in [5.41, 5.74) is 3.03. The molecular weight excluding hydrogens is 474 g/mol. The van der Waals surface area contributed by atoms with Crippen molar-refractivity contribution >= 4 is 44.9 Å². The molecular formula is C24H18ClN5OS2. The first-order valence-corrected chi connectivity index (χ1v) is 12.8. The summed E-state index contributed by atoms with van der Waals surface area (Å²) in [7, 11) is 0. The molecule has 3 aromatic heterocycles. The van der Waals surface area contributed by atoms with Crippen LogP contribution >= 0.6 is 34.7 Å². The standard InChI is InChI=1S/C24H18ClN5OS2/c25-15-9-11-16(12-10-15)30-21(14-5-2-1-3-6-14)28-29-24(30)32-13-19-26-22(31)20-17-7-4-8-18(17)33-23(20)27-19/h1-3,5-6,9-12H,4,7-8,13H2,(H,26,27,31). The van der Waals surface area contributed by atoms with Crippen molar-refractivity contribution in [2.24, 2.45) is 0 Å². The highest BCUT2D eigenvalue weighted by molar-refractivity contribution is 7.98. The zero-order valence-corrected chi connectivity index (χ0v) is 19.8. The number of fused-ring (bicyclic) bond motifs is 3. The third kappa shape index (κ3) is 3.78. The molecule has 0 saturated carbocycles. The number of aromatic nitrogens is 5. The van der Waals surface area contributed by atoms with Gasteiger partial charge < -0.3 is 4.98 Å². The van der Waals surface area contributed by atoms with E-state index in [9.17, 15) is 4.79 Å². The molecule has 33 heavy (non-hydrogen) atoms. The van der Waals surface area contributed by atoms with Crippen LogP contribution in [0.1, 0.15) is 22.7 Å². The van der Waals surface area contributed by atoms with Crippen molar-refractivity contribution in [3.05, 3.63) is 86.2 Å². The number of benzene rings is 2. The van der Waals surface area contributed by atoms with E-state index in [1.54, 1.807) is 11.3 Å². The number of nitrogens with zero attached hydrogens (tertiary/aromatic N) is 4. The molecule has 0 spiro atoms. The summed E-state index contributed by atoms with van der Waals surface area (Å²) in [6.45, 7) is 0. The predicted molar refractivity (Wildman–Crippen MR) is 134 cm³/mol. The molecule has 0 radical (unpaired) electrons. The SMILES string of the molecule is O=c1[nH]c(CSc2nnc(-c3ccccc3)n2-c2ccc(Cl)cc2)nc2sc3c(c12)CCC3. The Labute approximate surface area is 202 Å². The van der Waals surface area contributed by atoms with Crippen molar-refractivity contribution in [2.75, 3.05) is 0 Å². The van der Waals surface area contributed by atoms with Crippen LogP contribution in [-0.4, -0.2) is 24.7 Å². The molecule has 1 aliphatic rings. The molecule has 0 amide bonds. The van der Waals surface area contributed by atoms with E-state index in [4.69, 9.17) is 16.6 Å². The molecule has 0 aliphatic heterocycles. The van der Waals surface area contributed by atoms with Crippen molar-refractivity contribution in [1.82, 2.24) is 24.7 Å². The first kappa shape index (κ1) is 20.7. The smallest absolute Gasteiger partial charge is 0.259 e. The molecule has 0 fully saturated rings. The number of hydrogen-bond acceptors (Lipinski definition) is 6. The summed E-state index contributed by atoms with van der Waals surface area (Å²) >= 11 is 9.26. The third-order valence-electron chi connectivity index (χ3n) is 5.71. The lowest BCUT2D eigenvalue weighted by Crippen LogP contribution is -2.11. The van der Waals surface area contributed by atoms with Crippen LogP contribution in [0.4, 0.5) is 0 Å². The Hall–Kier alpha value is -2.94. The maximum atomic E-state index is 12.8. The number of hydrogen-bond donors (Lipinski definition) is 1. The Balaban J connectivity index is 1.36. The van der Waals surface area contributed by atoms with Crippen LogP contribution in [0.2, 0.25) is 5.02 Å². The van der Waals surface area contributed by atoms with E-state index in [0.29, 0.717) is 21.8 Å². The quantitative estimate of drug-likeness (QED) is 0.321. The number of rotatable bonds is 5. The Morgan fingerprint density at radius 3 is 2.70 bits per heavy atom. The monoisotopic (exact) mass is 491 g/mol. The lowest BCUT2D eigenvalue weighted by Gasteiger charge is -2.10. The van der Waals surface area contributed by atoms with Gasteiger partial charge in [-0.1, -0.05) is 53.7 Å². The minimum atomic E-state index is -0.0425. The average molecular weight is 492 g/mol. The first-order valence-electron chi connectivity index (χ1n) is 10.6. The summed E-state index contributed by atoms with van der Waals surface area (Å²) in [5, 5.41) is 11.1. The number of H-pyrrole nitrogens is 1. The minimum absolute atomic E-state index is 0.0425. The van der Waals surface area contributed by atoms with Crippen molar-refractivity contribution in [2.45, 2.75) is 30.2 Å². The fraction of sp³-hybridized carbons (Fsp3) is 0.167. The number of halogens is 1. The van der Waals surface area contributed by atoms with Crippen LogP contribution < -0.4 is 5.56 Å². The summed E-state index contributed by atoms with van der Waals surface area (Å²) in [6.07, 6.45) is 3.14. The van der Waals surface area contributed by atoms with E-state index in [2.05, 4.69) is 15.2 Å². The van der Waals surface area contributed by atoms with E-state index in [-0.39, 0.29) is 5.56 Å². The van der Waals surface area contributed by atoms with Gasteiger partial charge in [-0.25, -0.2) is 4.98 Å². The van der Waals surface area contributed by atoms with Gasteiger partial charge in [0, 0.05) is 21.2 Å². The van der Waals surface area contributed by atoms with Gasteiger partial charge in [0.05, 0.1) is 11.1 Å². The van der Waals surface area contributed by atoms with Gasteiger partial charge in [-0.05, 0) is 49.1 Å². The van der Waals surface area contributed by atoms with E-state index in [0.717, 1.165) is 46.6 Å². The predicted octanol–water partition coefficient (Wildman–Crippen LogP) is 5.67. The summed E-state index contributed by atoms with van der Waals surface area (Å²) in [6, 6.07) is 17.5. The zero-order valence-electron chi connectivity index (χ0n) is 17.4. The van der Waals surface area contributed by atoms with Crippen LogP contribution in [-0.2, 0) is 18.6 Å². The third-order valence-corrected chi connectivity index (χ3v) is 8.09. The average Bonchev–Trinajstić information content (AvgIpc) is 3.53. The topological polar surface area (TPSA) is 76.5 Å². The summed E-state index contributed by atoms with van der Waals surface area (Å²) in [5.74, 6) is 1.87. The molecule has 3 heterocycles. The number of thioether (sulfide) groups is 1. The van der Waals surface area contributed by atoms with E-state index in [1.165, 1.54) is 22.2 Å². The summed E-state index contributed by atoms with van der Waals surface area (Å²) < 4.78 is 2.01. The Morgan fingerprint density at radius 1 is 1.06 bits per heavy atom. The molecule has 5 aromatic rings. The lowest BCUT2D eigenvalue weighted by atomic mass is 10.2. The molecule has 0 unspecified atom stereocenters. The Kier molecular flexibility index (Phi) is 5.28. The molecule has 0 bridgehead atoms. The highest BCUT2D eigenvalue weighted by Gasteiger charge is 2.22. The van der Waals surface area contributed by atoms with Gasteiger partial charge in [0.15, 0.2) is 11.0 Å². The second kappa shape index (κ2) is 8.44. The molecule has 6 nitrogen and oxygen atoms in total. The van der Waals surface area contributed by atoms with Gasteiger partial charge >= 0.3 is 0 Å². The number of aromatic amines is 1. The fourth-order valence-corrected chi connectivity index (χ4v) is 6.44. The van der Waals surface area contributed by atoms with E-state index < -0.39 is 0 Å². The number of thiophene rings is 1. The van der Waals surface area contributed by atoms with Crippen LogP contribution in [0, 0.1) is 0 Å². The zero-order chi connectivity index (χ0) is 22.4. The molecule has 0 saturated heterocycles. The maximum absolute atomic E-state index is 12.8. The normalized spacial score (nSPS) is 13.0. The van der Waals surface area contributed by atoms with Crippen molar-refractivity contribution < 1.29 is 0 Å². The second-order valence-corrected chi connectivity index (χ2v) is 10.3. The van der Waals surface area contributed by atoms with Gasteiger partial charge in [-0.15, -0.1) is 21.5 Å². The van der Waals surface area contributed by atoms with Gasteiger partial charge in [0.25, 0.3) is 5.56 Å². The van der Waals surface area contributed by atoms with Gasteiger partial charge in [0.1, 0.15) is 10.7 Å². The molecule has 2 aromatic carbocycles. The second-order valence-electron chi connectivity index (χ2n) is 7.82. The fourth-order valence-electron chi connectivity index (χ4n) is 4.21. The highest BCUT2D eigenvalue weighted by Crippen LogP contribution is 2.35. The molecule has 6 rings (SSSR count). The Morgan fingerprint density at radius 2 is 1.88 bits per heavy atom. The van der Waals surface area contributed by atoms with Crippen LogP contribution in [0.25, 0.3) is 27.3 Å². The van der Waals surface area contributed by atoms with Crippen molar-refractivity contribution in [3.63, 3.8) is 0 Å². The minimum Gasteiger partial charge on any atom is -0.309 e. The molecule has 164 valence electrons. The molecule has 1 N–H and O–H groups in total. The van der Waals surface area contributed by atoms with Crippen LogP contribution in [0.5, 0.6) is 0 Å². The van der Waals surface area contributed by atoms with Gasteiger partial charge in [0.2, 0.25) is 0 Å². The lowest BCUT2D eigenvalue weighted by molar-refractivity contribution is 0.883. The Bertz CT molecular complexity index is 1520. The largest absolute Gasteiger partial charge is 0.309 e. The van der Waals surface area contributed by atoms with Crippen molar-refractivity contribution in [3.8, 4) is 17.1 Å². The molecule has 0 atom stereocenters. The number of nitrogens with one attached hydrogen (secondary N) is 1. The van der Waals surface area contributed by atoms with Crippen molar-refractivity contribution in [1.29, 1.82) is 0 Å². The number of aryl methyl sites for hydroxylation is 2. The molecule has 9 heteroatoms. The highest BCUT2D eigenvalue weighted by atomic mass is 35.5. The van der Waals surface area contributed by atoms with Gasteiger partial charge in [-0.2, -0.15) is 0 Å². The molecule has 1 aliphatic carbocycles.